The maximum atomic E-state index is 13.7. The third kappa shape index (κ3) is 4.41. The van der Waals surface area contributed by atoms with Crippen molar-refractivity contribution >= 4 is 5.97 Å². The lowest BCUT2D eigenvalue weighted by Crippen LogP contribution is -2.42. The first kappa shape index (κ1) is 15.7. The second-order valence-corrected chi connectivity index (χ2v) is 4.98. The number of hydrogen-bond donors (Lipinski definition) is 0. The summed E-state index contributed by atoms with van der Waals surface area (Å²) in [6.45, 7) is 2.55. The first-order chi connectivity index (χ1) is 10.1. The maximum absolute atomic E-state index is 13.7. The molecule has 5 nitrogen and oxygen atoms in total. The van der Waals surface area contributed by atoms with Crippen LogP contribution in [0.25, 0.3) is 0 Å². The van der Waals surface area contributed by atoms with Crippen LogP contribution in [0.3, 0.4) is 0 Å². The lowest BCUT2D eigenvalue weighted by atomic mass is 10.1. The molecule has 2 rings (SSSR count). The number of methoxy groups -OCH3 is 2. The van der Waals surface area contributed by atoms with Crippen molar-refractivity contribution in [3.63, 3.8) is 0 Å². The van der Waals surface area contributed by atoms with Gasteiger partial charge in [-0.25, -0.2) is 4.39 Å². The summed E-state index contributed by atoms with van der Waals surface area (Å²) in [6, 6.07) is 4.94. The number of morpholine rings is 1. The Morgan fingerprint density at radius 3 is 2.95 bits per heavy atom. The standard InChI is InChI=1S/C15H20FNO4/c1-19-14-4-3-11(7-13(14)16)9-17-5-6-21-12(10-17)8-15(18)20-2/h3-4,7,12H,5-6,8-10H2,1-2H3. The normalized spacial score (nSPS) is 19.3. The summed E-state index contributed by atoms with van der Waals surface area (Å²) in [4.78, 5) is 13.4. The first-order valence-corrected chi connectivity index (χ1v) is 6.85. The third-order valence-corrected chi connectivity index (χ3v) is 3.47. The molecule has 1 aromatic rings. The fraction of sp³-hybridized carbons (Fsp3) is 0.533. The van der Waals surface area contributed by atoms with Crippen LogP contribution >= 0.6 is 0 Å². The smallest absolute Gasteiger partial charge is 0.308 e. The number of benzene rings is 1. The molecule has 0 radical (unpaired) electrons. The second-order valence-electron chi connectivity index (χ2n) is 4.98. The molecule has 0 spiro atoms. The second kappa shape index (κ2) is 7.38. The van der Waals surface area contributed by atoms with Gasteiger partial charge in [0.05, 0.1) is 33.4 Å². The Labute approximate surface area is 123 Å². The number of nitrogens with zero attached hydrogens (tertiary/aromatic N) is 1. The average molecular weight is 297 g/mol. The van der Waals surface area contributed by atoms with Gasteiger partial charge in [0.15, 0.2) is 11.6 Å². The molecule has 0 aromatic heterocycles. The number of ether oxygens (including phenoxy) is 3. The maximum Gasteiger partial charge on any atom is 0.308 e. The molecule has 116 valence electrons. The molecule has 0 saturated carbocycles. The Morgan fingerprint density at radius 2 is 2.29 bits per heavy atom. The van der Waals surface area contributed by atoms with Gasteiger partial charge in [0.2, 0.25) is 0 Å². The van der Waals surface area contributed by atoms with Crippen molar-refractivity contribution in [1.82, 2.24) is 4.90 Å². The van der Waals surface area contributed by atoms with E-state index in [4.69, 9.17) is 9.47 Å². The van der Waals surface area contributed by atoms with E-state index in [2.05, 4.69) is 9.64 Å². The molecule has 0 bridgehead atoms. The Morgan fingerprint density at radius 1 is 1.48 bits per heavy atom. The van der Waals surface area contributed by atoms with E-state index in [1.54, 1.807) is 6.07 Å². The van der Waals surface area contributed by atoms with Crippen molar-refractivity contribution in [2.24, 2.45) is 0 Å². The van der Waals surface area contributed by atoms with Crippen LogP contribution in [0.5, 0.6) is 5.75 Å². The van der Waals surface area contributed by atoms with Gasteiger partial charge in [-0.2, -0.15) is 0 Å². The molecule has 1 aromatic carbocycles. The monoisotopic (exact) mass is 297 g/mol. The van der Waals surface area contributed by atoms with Crippen LogP contribution in [-0.4, -0.2) is 50.9 Å². The van der Waals surface area contributed by atoms with Crippen LogP contribution in [0.4, 0.5) is 4.39 Å². The van der Waals surface area contributed by atoms with Gasteiger partial charge in [0.25, 0.3) is 0 Å². The zero-order valence-electron chi connectivity index (χ0n) is 12.3. The minimum Gasteiger partial charge on any atom is -0.494 e. The molecule has 1 atom stereocenters. The van der Waals surface area contributed by atoms with E-state index >= 15 is 0 Å². The highest BCUT2D eigenvalue weighted by Gasteiger charge is 2.23. The van der Waals surface area contributed by atoms with Gasteiger partial charge < -0.3 is 14.2 Å². The molecule has 0 aliphatic carbocycles. The van der Waals surface area contributed by atoms with Crippen LogP contribution < -0.4 is 4.74 Å². The fourth-order valence-corrected chi connectivity index (χ4v) is 2.38. The molecule has 1 heterocycles. The Balaban J connectivity index is 1.93. The van der Waals surface area contributed by atoms with Crippen molar-refractivity contribution in [2.75, 3.05) is 33.9 Å². The SMILES string of the molecule is COC(=O)CC1CN(Cc2ccc(OC)c(F)c2)CCO1. The van der Waals surface area contributed by atoms with Crippen LogP contribution in [0.2, 0.25) is 0 Å². The van der Waals surface area contributed by atoms with E-state index < -0.39 is 0 Å². The molecule has 1 saturated heterocycles. The van der Waals surface area contributed by atoms with E-state index in [0.29, 0.717) is 19.7 Å². The quantitative estimate of drug-likeness (QED) is 0.773. The largest absolute Gasteiger partial charge is 0.494 e. The van der Waals surface area contributed by atoms with Gasteiger partial charge >= 0.3 is 5.97 Å². The summed E-state index contributed by atoms with van der Waals surface area (Å²) in [5, 5.41) is 0. The van der Waals surface area contributed by atoms with E-state index in [0.717, 1.165) is 12.1 Å². The molecular weight excluding hydrogens is 277 g/mol. The van der Waals surface area contributed by atoms with Gasteiger partial charge in [0.1, 0.15) is 0 Å². The van der Waals surface area contributed by atoms with Crippen molar-refractivity contribution in [3.05, 3.63) is 29.6 Å². The van der Waals surface area contributed by atoms with Crippen molar-refractivity contribution in [3.8, 4) is 5.75 Å². The Hall–Kier alpha value is -1.66. The molecule has 0 N–H and O–H groups in total. The van der Waals surface area contributed by atoms with E-state index in [1.807, 2.05) is 6.07 Å². The fourth-order valence-electron chi connectivity index (χ4n) is 2.38. The highest BCUT2D eigenvalue weighted by molar-refractivity contribution is 5.69. The number of hydrogen-bond acceptors (Lipinski definition) is 5. The lowest BCUT2D eigenvalue weighted by molar-refractivity contribution is -0.145. The number of halogens is 1. The number of carbonyl (C=O) groups excluding carboxylic acids is 1. The summed E-state index contributed by atoms with van der Waals surface area (Å²) >= 11 is 0. The van der Waals surface area contributed by atoms with Crippen LogP contribution in [0, 0.1) is 5.82 Å². The molecule has 6 heteroatoms. The van der Waals surface area contributed by atoms with Crippen molar-refractivity contribution in [2.45, 2.75) is 19.1 Å². The minimum atomic E-state index is -0.366. The van der Waals surface area contributed by atoms with Gasteiger partial charge in [-0.1, -0.05) is 6.07 Å². The molecule has 1 unspecified atom stereocenters. The molecular formula is C15H20FNO4. The van der Waals surface area contributed by atoms with Crippen LogP contribution in [-0.2, 0) is 20.8 Å². The highest BCUT2D eigenvalue weighted by atomic mass is 19.1. The summed E-state index contributed by atoms with van der Waals surface area (Å²) in [5.41, 5.74) is 0.868. The van der Waals surface area contributed by atoms with Gasteiger partial charge in [0, 0.05) is 19.6 Å². The predicted octanol–water partition coefficient (Wildman–Crippen LogP) is 1.60. The average Bonchev–Trinajstić information content (AvgIpc) is 2.47. The van der Waals surface area contributed by atoms with E-state index in [9.17, 15) is 9.18 Å². The highest BCUT2D eigenvalue weighted by Crippen LogP contribution is 2.20. The minimum absolute atomic E-state index is 0.172. The van der Waals surface area contributed by atoms with Crippen LogP contribution in [0.1, 0.15) is 12.0 Å². The van der Waals surface area contributed by atoms with Gasteiger partial charge in [-0.05, 0) is 17.7 Å². The Kier molecular flexibility index (Phi) is 5.52. The topological polar surface area (TPSA) is 48.0 Å². The molecule has 0 amide bonds. The van der Waals surface area contributed by atoms with Gasteiger partial charge in [-0.15, -0.1) is 0 Å². The van der Waals surface area contributed by atoms with Crippen LogP contribution in [0.15, 0.2) is 18.2 Å². The summed E-state index contributed by atoms with van der Waals surface area (Å²) in [7, 11) is 2.81. The lowest BCUT2D eigenvalue weighted by Gasteiger charge is -2.32. The molecule has 1 aliphatic heterocycles. The third-order valence-electron chi connectivity index (χ3n) is 3.47. The zero-order chi connectivity index (χ0) is 15.2. The van der Waals surface area contributed by atoms with Crippen molar-refractivity contribution in [1.29, 1.82) is 0 Å². The number of carbonyl (C=O) groups is 1. The molecule has 1 aliphatic rings. The number of rotatable bonds is 5. The van der Waals surface area contributed by atoms with E-state index in [-0.39, 0.29) is 30.1 Å². The molecule has 1 fully saturated rings. The first-order valence-electron chi connectivity index (χ1n) is 6.85. The summed E-state index contributed by atoms with van der Waals surface area (Å²) in [5.74, 6) is -0.406. The van der Waals surface area contributed by atoms with Gasteiger partial charge in [-0.3, -0.25) is 9.69 Å². The molecule has 21 heavy (non-hydrogen) atoms. The zero-order valence-corrected chi connectivity index (χ0v) is 12.3. The summed E-state index contributed by atoms with van der Waals surface area (Å²) < 4.78 is 28.8. The van der Waals surface area contributed by atoms with Crippen molar-refractivity contribution < 1.29 is 23.4 Å². The summed E-state index contributed by atoms with van der Waals surface area (Å²) in [6.07, 6.45) is 0.0681. The predicted molar refractivity (Wildman–Crippen MR) is 74.6 cm³/mol. The van der Waals surface area contributed by atoms with E-state index in [1.165, 1.54) is 20.3 Å². The Bertz CT molecular complexity index is 495. The number of esters is 1.